The Hall–Kier alpha value is -3.33. The van der Waals surface area contributed by atoms with Crippen molar-refractivity contribution in [3.63, 3.8) is 0 Å². The minimum atomic E-state index is -3.75. The summed E-state index contributed by atoms with van der Waals surface area (Å²) in [6.45, 7) is 4.00. The summed E-state index contributed by atoms with van der Waals surface area (Å²) in [5.74, 6) is -0.714. The third-order valence-electron chi connectivity index (χ3n) is 5.27. The molecule has 0 unspecified atom stereocenters. The summed E-state index contributed by atoms with van der Waals surface area (Å²) in [5.41, 5.74) is 1.96. The fourth-order valence-electron chi connectivity index (χ4n) is 3.66. The summed E-state index contributed by atoms with van der Waals surface area (Å²) in [5, 5.41) is 0.749. The third-order valence-corrected chi connectivity index (χ3v) is 6.98. The number of hydrogen-bond donors (Lipinski definition) is 1. The number of carbonyl (C=O) groups excluding carboxylic acids is 2. The normalized spacial score (nSPS) is 14.2. The van der Waals surface area contributed by atoms with Gasteiger partial charge in [-0.1, -0.05) is 18.2 Å². The van der Waals surface area contributed by atoms with E-state index in [0.29, 0.717) is 36.0 Å². The fraction of sp³-hybridized carbons (Fsp3) is 0.304. The molecule has 2 heterocycles. The Morgan fingerprint density at radius 2 is 1.81 bits per heavy atom. The first-order valence-electron chi connectivity index (χ1n) is 10.2. The van der Waals surface area contributed by atoms with Gasteiger partial charge in [0.2, 0.25) is 5.78 Å². The van der Waals surface area contributed by atoms with Crippen LogP contribution in [0.1, 0.15) is 29.4 Å². The molecule has 0 spiro atoms. The SMILES string of the molecule is Cc1[nH]c2ccccc2c1C(=O)[C@H](C)OC(=O)CCS(=O)(=O)c1ccc2c(c1)OCCO2. The number of Topliss-reactive ketones (excluding diaryl/α,β-unsaturated/α-hetero) is 1. The van der Waals surface area contributed by atoms with Gasteiger partial charge in [0, 0.05) is 28.2 Å². The summed E-state index contributed by atoms with van der Waals surface area (Å²) >= 11 is 0. The van der Waals surface area contributed by atoms with Crippen LogP contribution < -0.4 is 9.47 Å². The third kappa shape index (κ3) is 4.34. The van der Waals surface area contributed by atoms with Gasteiger partial charge in [0.05, 0.1) is 17.1 Å². The maximum absolute atomic E-state index is 12.9. The second-order valence-corrected chi connectivity index (χ2v) is 9.65. The molecule has 168 valence electrons. The lowest BCUT2D eigenvalue weighted by Gasteiger charge is -2.18. The van der Waals surface area contributed by atoms with E-state index in [0.717, 1.165) is 10.9 Å². The Morgan fingerprint density at radius 3 is 2.59 bits per heavy atom. The molecule has 1 atom stereocenters. The van der Waals surface area contributed by atoms with Gasteiger partial charge in [0.1, 0.15) is 13.2 Å². The monoisotopic (exact) mass is 457 g/mol. The van der Waals surface area contributed by atoms with Gasteiger partial charge in [-0.15, -0.1) is 0 Å². The molecule has 0 radical (unpaired) electrons. The van der Waals surface area contributed by atoms with Crippen molar-refractivity contribution in [2.75, 3.05) is 19.0 Å². The first kappa shape index (κ1) is 21.9. The number of ketones is 1. The maximum atomic E-state index is 12.9. The summed E-state index contributed by atoms with van der Waals surface area (Å²) in [4.78, 5) is 28.4. The van der Waals surface area contributed by atoms with Crippen LogP contribution in [0.25, 0.3) is 10.9 Å². The quantitative estimate of drug-likeness (QED) is 0.428. The molecule has 0 saturated carbocycles. The van der Waals surface area contributed by atoms with Gasteiger partial charge < -0.3 is 19.2 Å². The van der Waals surface area contributed by atoms with Gasteiger partial charge in [-0.05, 0) is 32.0 Å². The van der Waals surface area contributed by atoms with E-state index in [2.05, 4.69) is 4.98 Å². The number of ether oxygens (including phenoxy) is 3. The number of H-pyrrole nitrogens is 1. The number of rotatable bonds is 7. The number of aromatic amines is 1. The molecule has 8 nitrogen and oxygen atoms in total. The van der Waals surface area contributed by atoms with Crippen molar-refractivity contribution >= 4 is 32.5 Å². The molecule has 0 fully saturated rings. The highest BCUT2D eigenvalue weighted by Gasteiger charge is 2.26. The van der Waals surface area contributed by atoms with E-state index >= 15 is 0 Å². The van der Waals surface area contributed by atoms with Crippen LogP contribution in [-0.2, 0) is 19.4 Å². The smallest absolute Gasteiger partial charge is 0.307 e. The van der Waals surface area contributed by atoms with E-state index in [1.165, 1.54) is 25.1 Å². The lowest BCUT2D eigenvalue weighted by Crippen LogP contribution is -2.26. The second kappa shape index (κ2) is 8.66. The molecule has 1 N–H and O–H groups in total. The average Bonchev–Trinajstić information content (AvgIpc) is 3.12. The molecule has 0 aliphatic carbocycles. The van der Waals surface area contributed by atoms with Gasteiger partial charge >= 0.3 is 5.97 Å². The van der Waals surface area contributed by atoms with E-state index in [4.69, 9.17) is 14.2 Å². The molecule has 0 amide bonds. The summed E-state index contributed by atoms with van der Waals surface area (Å²) in [6.07, 6.45) is -1.42. The van der Waals surface area contributed by atoms with Crippen molar-refractivity contribution in [1.82, 2.24) is 4.98 Å². The number of nitrogens with one attached hydrogen (secondary N) is 1. The number of fused-ring (bicyclic) bond motifs is 2. The van der Waals surface area contributed by atoms with Crippen molar-refractivity contribution in [3.8, 4) is 11.5 Å². The van der Waals surface area contributed by atoms with E-state index in [9.17, 15) is 18.0 Å². The van der Waals surface area contributed by atoms with Gasteiger partial charge in [-0.2, -0.15) is 0 Å². The molecule has 9 heteroatoms. The highest BCUT2D eigenvalue weighted by molar-refractivity contribution is 7.91. The van der Waals surface area contributed by atoms with E-state index in [1.54, 1.807) is 6.92 Å². The Bertz CT molecular complexity index is 1290. The van der Waals surface area contributed by atoms with Gasteiger partial charge in [-0.3, -0.25) is 9.59 Å². The molecule has 0 saturated heterocycles. The van der Waals surface area contributed by atoms with Crippen molar-refractivity contribution in [2.45, 2.75) is 31.3 Å². The zero-order chi connectivity index (χ0) is 22.9. The highest BCUT2D eigenvalue weighted by Crippen LogP contribution is 2.32. The minimum Gasteiger partial charge on any atom is -0.486 e. The number of aryl methyl sites for hydroxylation is 1. The maximum Gasteiger partial charge on any atom is 0.307 e. The predicted octanol–water partition coefficient (Wildman–Crippen LogP) is 3.23. The van der Waals surface area contributed by atoms with Crippen molar-refractivity contribution in [1.29, 1.82) is 0 Å². The number of esters is 1. The van der Waals surface area contributed by atoms with Crippen LogP contribution >= 0.6 is 0 Å². The second-order valence-electron chi connectivity index (χ2n) is 7.54. The molecule has 0 bridgehead atoms. The molecule has 1 aliphatic heterocycles. The van der Waals surface area contributed by atoms with Crippen LogP contribution in [0.3, 0.4) is 0 Å². The van der Waals surface area contributed by atoms with Crippen molar-refractivity contribution in [2.24, 2.45) is 0 Å². The predicted molar refractivity (Wildman–Crippen MR) is 117 cm³/mol. The van der Waals surface area contributed by atoms with E-state index in [1.807, 2.05) is 24.3 Å². The van der Waals surface area contributed by atoms with Crippen LogP contribution in [0.15, 0.2) is 47.4 Å². The topological polar surface area (TPSA) is 112 Å². The highest BCUT2D eigenvalue weighted by atomic mass is 32.2. The summed E-state index contributed by atoms with van der Waals surface area (Å²) < 4.78 is 41.4. The lowest BCUT2D eigenvalue weighted by atomic mass is 10.0. The molecular formula is C23H23NO7S. The van der Waals surface area contributed by atoms with Crippen LogP contribution in [0.5, 0.6) is 11.5 Å². The fourth-order valence-corrected chi connectivity index (χ4v) is 4.89. The summed E-state index contributed by atoms with van der Waals surface area (Å²) in [7, 11) is -3.75. The molecule has 3 aromatic rings. The largest absolute Gasteiger partial charge is 0.486 e. The van der Waals surface area contributed by atoms with Crippen LogP contribution in [0.4, 0.5) is 0 Å². The van der Waals surface area contributed by atoms with Crippen molar-refractivity contribution in [3.05, 3.63) is 53.7 Å². The molecule has 2 aromatic carbocycles. The van der Waals surface area contributed by atoms with E-state index < -0.39 is 27.7 Å². The van der Waals surface area contributed by atoms with Crippen molar-refractivity contribution < 1.29 is 32.2 Å². The Morgan fingerprint density at radius 1 is 1.09 bits per heavy atom. The van der Waals surface area contributed by atoms with Gasteiger partial charge in [-0.25, -0.2) is 8.42 Å². The number of benzene rings is 2. The molecule has 1 aromatic heterocycles. The minimum absolute atomic E-state index is 0.0353. The van der Waals surface area contributed by atoms with Gasteiger partial charge in [0.15, 0.2) is 27.4 Å². The molecule has 4 rings (SSSR count). The number of hydrogen-bond acceptors (Lipinski definition) is 7. The van der Waals surface area contributed by atoms with Crippen LogP contribution in [0, 0.1) is 6.92 Å². The zero-order valence-electron chi connectivity index (χ0n) is 17.7. The Labute approximate surface area is 185 Å². The zero-order valence-corrected chi connectivity index (χ0v) is 18.5. The van der Waals surface area contributed by atoms with Crippen LogP contribution in [-0.4, -0.2) is 50.2 Å². The number of sulfone groups is 1. The van der Waals surface area contributed by atoms with Gasteiger partial charge in [0.25, 0.3) is 0 Å². The lowest BCUT2D eigenvalue weighted by molar-refractivity contribution is -0.145. The number of para-hydroxylation sites is 1. The average molecular weight is 458 g/mol. The molecule has 1 aliphatic rings. The number of carbonyl (C=O) groups is 2. The standard InChI is InChI=1S/C23H23NO7S/c1-14-22(17-5-3-4-6-18(17)24-14)23(26)15(2)31-21(25)9-12-32(27,28)16-7-8-19-20(13-16)30-11-10-29-19/h3-8,13,15,24H,9-12H2,1-2H3/t15-/m0/s1. The van der Waals surface area contributed by atoms with Crippen LogP contribution in [0.2, 0.25) is 0 Å². The summed E-state index contributed by atoms with van der Waals surface area (Å²) in [6, 6.07) is 11.7. The first-order valence-corrected chi connectivity index (χ1v) is 11.8. The molecular weight excluding hydrogens is 434 g/mol. The number of aromatic nitrogens is 1. The first-order chi connectivity index (χ1) is 15.3. The Kier molecular flexibility index (Phi) is 5.92. The van der Waals surface area contributed by atoms with E-state index in [-0.39, 0.29) is 17.1 Å². The molecule has 32 heavy (non-hydrogen) atoms. The Balaban J connectivity index is 1.40.